The third-order valence-electron chi connectivity index (χ3n) is 3.64. The number of sulfonamides is 1. The Kier molecular flexibility index (Phi) is 7.52. The zero-order valence-corrected chi connectivity index (χ0v) is 18.1. The second kappa shape index (κ2) is 9.43. The van der Waals surface area contributed by atoms with E-state index >= 15 is 0 Å². The molecule has 6 nitrogen and oxygen atoms in total. The minimum atomic E-state index is -3.61. The molecule has 0 radical (unpaired) electrons. The Morgan fingerprint density at radius 3 is 2.59 bits per heavy atom. The van der Waals surface area contributed by atoms with E-state index in [1.54, 1.807) is 42.5 Å². The van der Waals surface area contributed by atoms with Crippen molar-refractivity contribution in [2.24, 2.45) is 0 Å². The maximum Gasteiger partial charge on any atom is 0.240 e. The van der Waals surface area contributed by atoms with Crippen LogP contribution in [0.25, 0.3) is 0 Å². The monoisotopic (exact) mass is 474 g/mol. The number of halogens is 2. The van der Waals surface area contributed by atoms with Gasteiger partial charge in [0, 0.05) is 4.47 Å². The molecular formula is C18H20BrClN2O4S. The number of nitrogens with zero attached hydrogens (tertiary/aromatic N) is 1. The van der Waals surface area contributed by atoms with Gasteiger partial charge in [-0.25, -0.2) is 8.42 Å². The number of carbonyl (C=O) groups excluding carboxylic acids is 1. The van der Waals surface area contributed by atoms with Crippen molar-refractivity contribution in [3.8, 4) is 5.75 Å². The lowest BCUT2D eigenvalue weighted by molar-refractivity contribution is -0.119. The highest BCUT2D eigenvalue weighted by molar-refractivity contribution is 9.10. The van der Waals surface area contributed by atoms with Gasteiger partial charge in [-0.15, -0.1) is 0 Å². The SMILES string of the molecule is Cc1cc(N(CC(=O)NCCOc2ccccc2Cl)S(C)(=O)=O)ccc1Br. The van der Waals surface area contributed by atoms with Gasteiger partial charge < -0.3 is 10.1 Å². The molecule has 27 heavy (non-hydrogen) atoms. The van der Waals surface area contributed by atoms with Crippen LogP contribution < -0.4 is 14.4 Å². The maximum atomic E-state index is 12.2. The predicted molar refractivity (Wildman–Crippen MR) is 111 cm³/mol. The van der Waals surface area contributed by atoms with Crippen LogP contribution in [0, 0.1) is 6.92 Å². The number of amides is 1. The van der Waals surface area contributed by atoms with Gasteiger partial charge in [-0.1, -0.05) is 39.7 Å². The number of hydrogen-bond acceptors (Lipinski definition) is 4. The molecule has 146 valence electrons. The largest absolute Gasteiger partial charge is 0.490 e. The zero-order chi connectivity index (χ0) is 20.0. The molecule has 2 aromatic carbocycles. The Hall–Kier alpha value is -1.77. The molecule has 0 spiro atoms. The number of rotatable bonds is 8. The number of benzene rings is 2. The molecule has 0 aliphatic carbocycles. The van der Waals surface area contributed by atoms with E-state index in [0.717, 1.165) is 20.6 Å². The van der Waals surface area contributed by atoms with E-state index < -0.39 is 15.9 Å². The number of carbonyl (C=O) groups is 1. The second-order valence-corrected chi connectivity index (χ2v) is 9.00. The van der Waals surface area contributed by atoms with Crippen molar-refractivity contribution in [3.63, 3.8) is 0 Å². The minimum absolute atomic E-state index is 0.214. The molecule has 0 heterocycles. The molecule has 0 saturated carbocycles. The average molecular weight is 476 g/mol. The summed E-state index contributed by atoms with van der Waals surface area (Å²) in [5.74, 6) is 0.0975. The van der Waals surface area contributed by atoms with Crippen LogP contribution in [-0.4, -0.2) is 40.3 Å². The summed E-state index contributed by atoms with van der Waals surface area (Å²) in [5.41, 5.74) is 1.30. The molecule has 0 aromatic heterocycles. The first-order valence-electron chi connectivity index (χ1n) is 8.06. The van der Waals surface area contributed by atoms with Gasteiger partial charge in [0.15, 0.2) is 0 Å². The molecule has 1 amide bonds. The van der Waals surface area contributed by atoms with E-state index in [4.69, 9.17) is 16.3 Å². The zero-order valence-electron chi connectivity index (χ0n) is 14.9. The van der Waals surface area contributed by atoms with E-state index in [-0.39, 0.29) is 19.7 Å². The fourth-order valence-electron chi connectivity index (χ4n) is 2.28. The first-order chi connectivity index (χ1) is 12.7. The molecular weight excluding hydrogens is 456 g/mol. The van der Waals surface area contributed by atoms with Crippen LogP contribution in [0.5, 0.6) is 5.75 Å². The fourth-order valence-corrected chi connectivity index (χ4v) is 3.57. The van der Waals surface area contributed by atoms with Crippen LogP contribution in [0.15, 0.2) is 46.9 Å². The number of hydrogen-bond donors (Lipinski definition) is 1. The van der Waals surface area contributed by atoms with E-state index in [2.05, 4.69) is 21.2 Å². The van der Waals surface area contributed by atoms with Gasteiger partial charge in [-0.2, -0.15) is 0 Å². The Balaban J connectivity index is 1.94. The highest BCUT2D eigenvalue weighted by Gasteiger charge is 2.21. The van der Waals surface area contributed by atoms with Crippen LogP contribution in [0.2, 0.25) is 5.02 Å². The summed E-state index contributed by atoms with van der Waals surface area (Å²) in [6.45, 7) is 1.97. The molecule has 0 fully saturated rings. The lowest BCUT2D eigenvalue weighted by atomic mass is 10.2. The first kappa shape index (κ1) is 21.5. The normalized spacial score (nSPS) is 11.1. The van der Waals surface area contributed by atoms with Crippen LogP contribution in [-0.2, 0) is 14.8 Å². The summed E-state index contributed by atoms with van der Waals surface area (Å²) in [4.78, 5) is 12.2. The summed E-state index contributed by atoms with van der Waals surface area (Å²) in [7, 11) is -3.61. The molecule has 9 heteroatoms. The number of para-hydroxylation sites is 1. The lowest BCUT2D eigenvalue weighted by Gasteiger charge is -2.22. The summed E-state index contributed by atoms with van der Waals surface area (Å²) < 4.78 is 31.6. The smallest absolute Gasteiger partial charge is 0.240 e. The van der Waals surface area contributed by atoms with Gasteiger partial charge >= 0.3 is 0 Å². The van der Waals surface area contributed by atoms with Gasteiger partial charge in [0.05, 0.1) is 23.5 Å². The maximum absolute atomic E-state index is 12.2. The average Bonchev–Trinajstić information content (AvgIpc) is 2.59. The first-order valence-corrected chi connectivity index (χ1v) is 11.1. The van der Waals surface area contributed by atoms with E-state index in [1.165, 1.54) is 0 Å². The number of ether oxygens (including phenoxy) is 1. The number of nitrogens with one attached hydrogen (secondary N) is 1. The molecule has 2 rings (SSSR count). The van der Waals surface area contributed by atoms with Gasteiger partial charge in [0.25, 0.3) is 0 Å². The molecule has 1 N–H and O–H groups in total. The Morgan fingerprint density at radius 1 is 1.26 bits per heavy atom. The van der Waals surface area contributed by atoms with Crippen LogP contribution in [0.4, 0.5) is 5.69 Å². The molecule has 0 saturated heterocycles. The quantitative estimate of drug-likeness (QED) is 0.594. The molecule has 0 bridgehead atoms. The Labute approximate surface area is 172 Å². The van der Waals surface area contributed by atoms with Crippen LogP contribution in [0.3, 0.4) is 0 Å². The lowest BCUT2D eigenvalue weighted by Crippen LogP contribution is -2.41. The third kappa shape index (κ3) is 6.41. The van der Waals surface area contributed by atoms with Crippen LogP contribution in [0.1, 0.15) is 5.56 Å². The van der Waals surface area contributed by atoms with Crippen LogP contribution >= 0.6 is 27.5 Å². The molecule has 0 aliphatic heterocycles. The van der Waals surface area contributed by atoms with Crippen molar-refractivity contribution in [2.45, 2.75) is 6.92 Å². The van der Waals surface area contributed by atoms with Crippen molar-refractivity contribution in [2.75, 3.05) is 30.3 Å². The predicted octanol–water partition coefficient (Wildman–Crippen LogP) is 3.37. The highest BCUT2D eigenvalue weighted by Crippen LogP contribution is 2.24. The third-order valence-corrected chi connectivity index (χ3v) is 5.98. The Morgan fingerprint density at radius 2 is 1.96 bits per heavy atom. The molecule has 0 atom stereocenters. The highest BCUT2D eigenvalue weighted by atomic mass is 79.9. The second-order valence-electron chi connectivity index (χ2n) is 5.83. The summed E-state index contributed by atoms with van der Waals surface area (Å²) >= 11 is 9.36. The van der Waals surface area contributed by atoms with Crippen molar-refractivity contribution in [3.05, 3.63) is 57.5 Å². The topological polar surface area (TPSA) is 75.7 Å². The molecule has 0 aliphatic rings. The van der Waals surface area contributed by atoms with Crippen molar-refractivity contribution in [1.82, 2.24) is 5.32 Å². The summed E-state index contributed by atoms with van der Waals surface area (Å²) in [6, 6.07) is 12.1. The molecule has 2 aromatic rings. The Bertz CT molecular complexity index is 921. The van der Waals surface area contributed by atoms with Crippen molar-refractivity contribution < 1.29 is 17.9 Å². The summed E-state index contributed by atoms with van der Waals surface area (Å²) in [6.07, 6.45) is 1.07. The van der Waals surface area contributed by atoms with Gasteiger partial charge in [0.1, 0.15) is 18.9 Å². The van der Waals surface area contributed by atoms with E-state index in [0.29, 0.717) is 16.5 Å². The van der Waals surface area contributed by atoms with Gasteiger partial charge in [-0.05, 0) is 42.8 Å². The molecule has 0 unspecified atom stereocenters. The fraction of sp³-hybridized carbons (Fsp3) is 0.278. The van der Waals surface area contributed by atoms with Crippen molar-refractivity contribution in [1.29, 1.82) is 0 Å². The van der Waals surface area contributed by atoms with E-state index in [1.807, 2.05) is 6.92 Å². The number of aryl methyl sites for hydroxylation is 1. The number of anilines is 1. The standard InChI is InChI=1S/C18H20BrClN2O4S/c1-13-11-14(7-8-15(13)19)22(27(2,24)25)12-18(23)21-9-10-26-17-6-4-3-5-16(17)20/h3-8,11H,9-10,12H2,1-2H3,(H,21,23). The van der Waals surface area contributed by atoms with Gasteiger partial charge in [-0.3, -0.25) is 9.10 Å². The minimum Gasteiger partial charge on any atom is -0.490 e. The van der Waals surface area contributed by atoms with E-state index in [9.17, 15) is 13.2 Å². The summed E-state index contributed by atoms with van der Waals surface area (Å²) in [5, 5.41) is 3.13. The van der Waals surface area contributed by atoms with Crippen molar-refractivity contribution >= 4 is 49.1 Å². The van der Waals surface area contributed by atoms with Gasteiger partial charge in [0.2, 0.25) is 15.9 Å².